The number of anilines is 2. The van der Waals surface area contributed by atoms with E-state index in [4.69, 9.17) is 9.29 Å². The van der Waals surface area contributed by atoms with E-state index in [9.17, 15) is 18.0 Å². The van der Waals surface area contributed by atoms with Gasteiger partial charge >= 0.3 is 6.03 Å². The van der Waals surface area contributed by atoms with Gasteiger partial charge in [0.25, 0.3) is 10.1 Å². The van der Waals surface area contributed by atoms with E-state index < -0.39 is 21.9 Å². The molecule has 0 aliphatic carbocycles. The molecule has 5 rings (SSSR count). The zero-order chi connectivity index (χ0) is 32.7. The molecule has 1 aromatic heterocycles. The summed E-state index contributed by atoms with van der Waals surface area (Å²) in [4.78, 5) is 28.7. The average molecular weight is 648 g/mol. The molecule has 13 nitrogen and oxygen atoms in total. The Hall–Kier alpha value is -4.82. The van der Waals surface area contributed by atoms with E-state index in [0.717, 1.165) is 46.5 Å². The highest BCUT2D eigenvalue weighted by Gasteiger charge is 2.25. The van der Waals surface area contributed by atoms with Crippen LogP contribution in [0.5, 0.6) is 5.75 Å². The Balaban J connectivity index is 1.20. The molecule has 0 radical (unpaired) electrons. The highest BCUT2D eigenvalue weighted by atomic mass is 32.2. The van der Waals surface area contributed by atoms with Crippen molar-refractivity contribution in [2.24, 2.45) is 0 Å². The highest BCUT2D eigenvalue weighted by molar-refractivity contribution is 7.85. The predicted octanol–water partition coefficient (Wildman–Crippen LogP) is 4.15. The number of hydrogen-bond acceptors (Lipinski definition) is 8. The second-order valence-electron chi connectivity index (χ2n) is 11.1. The number of tetrazole rings is 1. The summed E-state index contributed by atoms with van der Waals surface area (Å²) in [5.41, 5.74) is 6.28. The van der Waals surface area contributed by atoms with E-state index in [-0.39, 0.29) is 19.0 Å². The molecule has 0 spiro atoms. The summed E-state index contributed by atoms with van der Waals surface area (Å²) in [5, 5.41) is 18.1. The Labute approximate surface area is 267 Å². The van der Waals surface area contributed by atoms with Gasteiger partial charge in [-0.05, 0) is 84.8 Å². The second-order valence-corrected chi connectivity index (χ2v) is 12.7. The maximum Gasteiger partial charge on any atom is 0.319 e. The van der Waals surface area contributed by atoms with Gasteiger partial charge in [0.2, 0.25) is 11.7 Å². The lowest BCUT2D eigenvalue weighted by Crippen LogP contribution is -2.35. The van der Waals surface area contributed by atoms with Gasteiger partial charge in [0.15, 0.2) is 0 Å². The van der Waals surface area contributed by atoms with Crippen molar-refractivity contribution in [1.82, 2.24) is 25.5 Å². The number of nitrogens with zero attached hydrogens (tertiary/aromatic N) is 5. The first-order valence-electron chi connectivity index (χ1n) is 15.1. The van der Waals surface area contributed by atoms with Crippen LogP contribution in [0, 0.1) is 13.8 Å². The Morgan fingerprint density at radius 1 is 1.07 bits per heavy atom. The standard InChI is InChI=1S/C32H37N7O6S/c1-22-8-3-14-29(23(22)2)45-18-7-15-30(40)38-17-6-12-26-27(11-5-13-28(26)38)31-35-37-39(36-31)21-24-9-4-10-25(20-24)34-32(41)33-16-19-46(42,43)44/h3-5,8-11,13-14,20H,6-7,12,15-19,21H2,1-2H3,(H2,33,34,41)(H,42,43,44). The van der Waals surface area contributed by atoms with Crippen LogP contribution in [-0.4, -0.2) is 70.6 Å². The molecule has 0 unspecified atom stereocenters. The maximum atomic E-state index is 13.3. The summed E-state index contributed by atoms with van der Waals surface area (Å²) in [6.45, 7) is 5.26. The molecule has 3 amide bonds. The van der Waals surface area contributed by atoms with Crippen LogP contribution in [0.1, 0.15) is 41.5 Å². The first-order valence-corrected chi connectivity index (χ1v) is 16.7. The van der Waals surface area contributed by atoms with Gasteiger partial charge in [-0.25, -0.2) is 4.79 Å². The van der Waals surface area contributed by atoms with Gasteiger partial charge in [0.1, 0.15) is 5.75 Å². The normalized spacial score (nSPS) is 12.8. The zero-order valence-corrected chi connectivity index (χ0v) is 26.6. The first kappa shape index (κ1) is 32.6. The minimum atomic E-state index is -4.17. The summed E-state index contributed by atoms with van der Waals surface area (Å²) in [5.74, 6) is 0.786. The van der Waals surface area contributed by atoms with Gasteiger partial charge in [-0.2, -0.15) is 13.2 Å². The Bertz CT molecular complexity index is 1830. The van der Waals surface area contributed by atoms with Crippen molar-refractivity contribution in [2.45, 2.75) is 46.1 Å². The van der Waals surface area contributed by atoms with Gasteiger partial charge in [-0.1, -0.05) is 36.4 Å². The summed E-state index contributed by atoms with van der Waals surface area (Å²) in [7, 11) is -4.17. The van der Waals surface area contributed by atoms with E-state index in [1.54, 1.807) is 18.2 Å². The molecule has 14 heteroatoms. The van der Waals surface area contributed by atoms with Crippen LogP contribution in [-0.2, 0) is 27.9 Å². The molecule has 1 aliphatic heterocycles. The predicted molar refractivity (Wildman–Crippen MR) is 174 cm³/mol. The molecular weight excluding hydrogens is 610 g/mol. The molecular formula is C32H37N7O6S. The van der Waals surface area contributed by atoms with E-state index in [1.165, 1.54) is 10.4 Å². The van der Waals surface area contributed by atoms with Gasteiger partial charge in [0.05, 0.1) is 18.9 Å². The molecule has 3 N–H and O–H groups in total. The minimum absolute atomic E-state index is 0.0554. The van der Waals surface area contributed by atoms with E-state index in [2.05, 4.69) is 39.0 Å². The molecule has 4 aromatic rings. The van der Waals surface area contributed by atoms with Crippen molar-refractivity contribution in [3.63, 3.8) is 0 Å². The fourth-order valence-electron chi connectivity index (χ4n) is 5.31. The Kier molecular flexibility index (Phi) is 10.3. The molecule has 0 atom stereocenters. The number of aryl methyl sites for hydroxylation is 1. The average Bonchev–Trinajstić information content (AvgIpc) is 3.48. The number of rotatable bonds is 12. The van der Waals surface area contributed by atoms with Crippen LogP contribution in [0.2, 0.25) is 0 Å². The first-order chi connectivity index (χ1) is 22.1. The fourth-order valence-corrected chi connectivity index (χ4v) is 5.67. The molecule has 1 aliphatic rings. The number of hydrogen-bond donors (Lipinski definition) is 3. The van der Waals surface area contributed by atoms with Crippen LogP contribution < -0.4 is 20.3 Å². The number of amides is 3. The van der Waals surface area contributed by atoms with Crippen molar-refractivity contribution < 1.29 is 27.3 Å². The largest absolute Gasteiger partial charge is 0.493 e. The van der Waals surface area contributed by atoms with Crippen LogP contribution in [0.25, 0.3) is 11.4 Å². The second kappa shape index (κ2) is 14.5. The number of urea groups is 1. The van der Waals surface area contributed by atoms with Crippen LogP contribution in [0.3, 0.4) is 0 Å². The smallest absolute Gasteiger partial charge is 0.319 e. The number of carbonyl (C=O) groups excluding carboxylic acids is 2. The maximum absolute atomic E-state index is 13.3. The number of aromatic nitrogens is 4. The number of nitrogens with one attached hydrogen (secondary N) is 2. The van der Waals surface area contributed by atoms with E-state index in [1.807, 2.05) is 48.2 Å². The van der Waals surface area contributed by atoms with Crippen LogP contribution in [0.4, 0.5) is 16.2 Å². The van der Waals surface area contributed by atoms with Crippen molar-refractivity contribution >= 4 is 33.4 Å². The van der Waals surface area contributed by atoms with Crippen molar-refractivity contribution in [2.75, 3.05) is 35.7 Å². The third-order valence-electron chi connectivity index (χ3n) is 7.75. The fraction of sp³-hybridized carbons (Fsp3) is 0.344. The van der Waals surface area contributed by atoms with Crippen LogP contribution >= 0.6 is 0 Å². The molecule has 0 saturated heterocycles. The Morgan fingerprint density at radius 3 is 2.70 bits per heavy atom. The lowest BCUT2D eigenvalue weighted by atomic mass is 9.95. The molecule has 0 bridgehead atoms. The third kappa shape index (κ3) is 8.46. The number of carbonyl (C=O) groups is 2. The lowest BCUT2D eigenvalue weighted by molar-refractivity contribution is -0.118. The summed E-state index contributed by atoms with van der Waals surface area (Å²) in [6, 6.07) is 18.2. The molecule has 46 heavy (non-hydrogen) atoms. The van der Waals surface area contributed by atoms with E-state index >= 15 is 0 Å². The number of fused-ring (bicyclic) bond motifs is 1. The third-order valence-corrected chi connectivity index (χ3v) is 8.47. The molecule has 0 saturated carbocycles. The summed E-state index contributed by atoms with van der Waals surface area (Å²) >= 11 is 0. The monoisotopic (exact) mass is 647 g/mol. The quantitative estimate of drug-likeness (QED) is 0.151. The number of ether oxygens (including phenoxy) is 1. The van der Waals surface area contributed by atoms with Crippen molar-refractivity contribution in [3.8, 4) is 17.1 Å². The number of benzene rings is 3. The molecule has 2 heterocycles. The van der Waals surface area contributed by atoms with Gasteiger partial charge in [0, 0.05) is 36.4 Å². The van der Waals surface area contributed by atoms with Crippen LogP contribution in [0.15, 0.2) is 60.7 Å². The topological polar surface area (TPSA) is 169 Å². The molecule has 0 fully saturated rings. The summed E-state index contributed by atoms with van der Waals surface area (Å²) < 4.78 is 36.4. The molecule has 242 valence electrons. The molecule has 3 aromatic carbocycles. The van der Waals surface area contributed by atoms with Gasteiger partial charge < -0.3 is 20.3 Å². The van der Waals surface area contributed by atoms with Crippen molar-refractivity contribution in [1.29, 1.82) is 0 Å². The lowest BCUT2D eigenvalue weighted by Gasteiger charge is -2.30. The van der Waals surface area contributed by atoms with E-state index in [0.29, 0.717) is 37.5 Å². The van der Waals surface area contributed by atoms with Gasteiger partial charge in [-0.15, -0.1) is 10.2 Å². The SMILES string of the molecule is Cc1cccc(OCCCC(=O)N2CCCc3c(-c4nnn(Cc5cccc(NC(=O)NCCS(=O)(=O)O)c5)n4)cccc32)c1C. The van der Waals surface area contributed by atoms with Gasteiger partial charge in [-0.3, -0.25) is 9.35 Å². The minimum Gasteiger partial charge on any atom is -0.493 e. The Morgan fingerprint density at radius 2 is 1.87 bits per heavy atom. The van der Waals surface area contributed by atoms with Crippen molar-refractivity contribution in [3.05, 3.63) is 82.9 Å². The zero-order valence-electron chi connectivity index (χ0n) is 25.8. The highest BCUT2D eigenvalue weighted by Crippen LogP contribution is 2.34. The summed E-state index contributed by atoms with van der Waals surface area (Å²) in [6.07, 6.45) is 2.61.